The van der Waals surface area contributed by atoms with E-state index in [1.807, 2.05) is 0 Å². The van der Waals surface area contributed by atoms with Crippen molar-refractivity contribution in [1.82, 2.24) is 5.32 Å². The normalized spacial score (nSPS) is 10.4. The predicted octanol–water partition coefficient (Wildman–Crippen LogP) is 2.14. The van der Waals surface area contributed by atoms with Crippen molar-refractivity contribution in [2.75, 3.05) is 26.1 Å². The molecular formula is C21H19N3O5. The summed E-state index contributed by atoms with van der Waals surface area (Å²) < 4.78 is 9.94. The van der Waals surface area contributed by atoms with E-state index in [1.165, 1.54) is 20.2 Å². The molecule has 2 rings (SSSR count). The zero-order valence-electron chi connectivity index (χ0n) is 15.9. The van der Waals surface area contributed by atoms with E-state index in [0.29, 0.717) is 22.6 Å². The summed E-state index contributed by atoms with van der Waals surface area (Å²) in [5.41, 5.74) is 1.25. The molecule has 0 bridgehead atoms. The number of nitriles is 1. The zero-order valence-corrected chi connectivity index (χ0v) is 15.9. The quantitative estimate of drug-likeness (QED) is 0.423. The molecule has 0 aromatic heterocycles. The smallest absolute Gasteiger partial charge is 0.349 e. The van der Waals surface area contributed by atoms with E-state index in [4.69, 9.17) is 9.47 Å². The molecule has 0 aliphatic heterocycles. The number of carbonyl (C=O) groups excluding carboxylic acids is 3. The molecule has 2 aromatic rings. The maximum absolute atomic E-state index is 12.0. The molecule has 0 saturated carbocycles. The third-order valence-electron chi connectivity index (χ3n) is 3.76. The van der Waals surface area contributed by atoms with E-state index in [1.54, 1.807) is 54.6 Å². The first kappa shape index (κ1) is 21.2. The number of ether oxygens (including phenoxy) is 2. The van der Waals surface area contributed by atoms with Crippen molar-refractivity contribution in [3.63, 3.8) is 0 Å². The number of amides is 2. The van der Waals surface area contributed by atoms with Gasteiger partial charge in [-0.1, -0.05) is 12.1 Å². The summed E-state index contributed by atoms with van der Waals surface area (Å²) in [5, 5.41) is 14.2. The van der Waals surface area contributed by atoms with Crippen LogP contribution in [0.4, 0.5) is 5.69 Å². The Hall–Kier alpha value is -4.12. The standard InChI is InChI=1S/C21H19N3O5/c1-23-20(26)15-5-7-17(8-6-15)24-19(25)13-29-21(27)16(12-22)11-14-3-9-18(28-2)10-4-14/h3-11H,13H2,1-2H3,(H,23,26)(H,24,25)/b16-11+. The Morgan fingerprint density at radius 3 is 2.28 bits per heavy atom. The van der Waals surface area contributed by atoms with Crippen LogP contribution in [0.25, 0.3) is 6.08 Å². The van der Waals surface area contributed by atoms with Gasteiger partial charge >= 0.3 is 5.97 Å². The molecule has 29 heavy (non-hydrogen) atoms. The van der Waals surface area contributed by atoms with E-state index in [0.717, 1.165) is 0 Å². The molecule has 0 heterocycles. The largest absolute Gasteiger partial charge is 0.497 e. The lowest BCUT2D eigenvalue weighted by molar-refractivity contribution is -0.142. The lowest BCUT2D eigenvalue weighted by atomic mass is 10.1. The predicted molar refractivity (Wildman–Crippen MR) is 106 cm³/mol. The van der Waals surface area contributed by atoms with Gasteiger partial charge in [-0.25, -0.2) is 4.79 Å². The lowest BCUT2D eigenvalue weighted by Gasteiger charge is -2.07. The van der Waals surface area contributed by atoms with Crippen molar-refractivity contribution in [1.29, 1.82) is 5.26 Å². The number of nitrogens with zero attached hydrogens (tertiary/aromatic N) is 1. The minimum absolute atomic E-state index is 0.238. The van der Waals surface area contributed by atoms with Crippen LogP contribution in [0.5, 0.6) is 5.75 Å². The molecule has 8 heteroatoms. The molecule has 2 amide bonds. The van der Waals surface area contributed by atoms with Crippen molar-refractivity contribution in [2.45, 2.75) is 0 Å². The van der Waals surface area contributed by atoms with Gasteiger partial charge in [-0.3, -0.25) is 9.59 Å². The molecule has 0 aliphatic carbocycles. The van der Waals surface area contributed by atoms with Crippen LogP contribution >= 0.6 is 0 Å². The van der Waals surface area contributed by atoms with Gasteiger partial charge in [-0.05, 0) is 48.0 Å². The minimum Gasteiger partial charge on any atom is -0.497 e. The van der Waals surface area contributed by atoms with Crippen molar-refractivity contribution < 1.29 is 23.9 Å². The molecule has 2 aromatic carbocycles. The SMILES string of the molecule is CNC(=O)c1ccc(NC(=O)COC(=O)/C(C#N)=C/c2ccc(OC)cc2)cc1. The van der Waals surface area contributed by atoms with Crippen LogP contribution in [-0.2, 0) is 14.3 Å². The van der Waals surface area contributed by atoms with E-state index in [-0.39, 0.29) is 11.5 Å². The van der Waals surface area contributed by atoms with Gasteiger partial charge in [-0.15, -0.1) is 0 Å². The number of nitrogens with one attached hydrogen (secondary N) is 2. The van der Waals surface area contributed by atoms with E-state index in [9.17, 15) is 19.6 Å². The lowest BCUT2D eigenvalue weighted by Crippen LogP contribution is -2.21. The van der Waals surface area contributed by atoms with Gasteiger partial charge in [0.15, 0.2) is 6.61 Å². The van der Waals surface area contributed by atoms with E-state index < -0.39 is 18.5 Å². The fourth-order valence-corrected chi connectivity index (χ4v) is 2.26. The molecular weight excluding hydrogens is 374 g/mol. The Kier molecular flexibility index (Phi) is 7.51. The molecule has 0 fully saturated rings. The maximum atomic E-state index is 12.0. The van der Waals surface area contributed by atoms with Crippen LogP contribution in [0.2, 0.25) is 0 Å². The number of benzene rings is 2. The molecule has 8 nitrogen and oxygen atoms in total. The van der Waals surface area contributed by atoms with Crippen molar-refractivity contribution >= 4 is 29.5 Å². The summed E-state index contributed by atoms with van der Waals surface area (Å²) >= 11 is 0. The van der Waals surface area contributed by atoms with Crippen molar-refractivity contribution in [3.8, 4) is 11.8 Å². The van der Waals surface area contributed by atoms with Crippen LogP contribution in [0, 0.1) is 11.3 Å². The summed E-state index contributed by atoms with van der Waals surface area (Å²) in [7, 11) is 3.05. The summed E-state index contributed by atoms with van der Waals surface area (Å²) in [4.78, 5) is 35.5. The second kappa shape index (κ2) is 10.3. The highest BCUT2D eigenvalue weighted by atomic mass is 16.5. The number of rotatable bonds is 7. The first-order valence-electron chi connectivity index (χ1n) is 8.51. The van der Waals surface area contributed by atoms with Gasteiger partial charge < -0.3 is 20.1 Å². The van der Waals surface area contributed by atoms with Crippen LogP contribution < -0.4 is 15.4 Å². The molecule has 0 aliphatic rings. The fraction of sp³-hybridized carbons (Fsp3) is 0.143. The Balaban J connectivity index is 1.92. The van der Waals surface area contributed by atoms with Crippen LogP contribution in [-0.4, -0.2) is 38.5 Å². The highest BCUT2D eigenvalue weighted by Gasteiger charge is 2.13. The Bertz CT molecular complexity index is 957. The molecule has 0 atom stereocenters. The molecule has 0 radical (unpaired) electrons. The number of anilines is 1. The number of hydrogen-bond acceptors (Lipinski definition) is 6. The number of esters is 1. The second-order valence-corrected chi connectivity index (χ2v) is 5.72. The number of methoxy groups -OCH3 is 1. The first-order chi connectivity index (χ1) is 14.0. The highest BCUT2D eigenvalue weighted by Crippen LogP contribution is 2.14. The summed E-state index contributed by atoms with van der Waals surface area (Å²) in [5.74, 6) is -1.09. The average Bonchev–Trinajstić information content (AvgIpc) is 2.76. The van der Waals surface area contributed by atoms with E-state index in [2.05, 4.69) is 10.6 Å². The van der Waals surface area contributed by atoms with Crippen molar-refractivity contribution in [2.24, 2.45) is 0 Å². The Labute approximate surface area is 167 Å². The Morgan fingerprint density at radius 1 is 1.07 bits per heavy atom. The van der Waals surface area contributed by atoms with Gasteiger partial charge in [-0.2, -0.15) is 5.26 Å². The van der Waals surface area contributed by atoms with Crippen LogP contribution in [0.15, 0.2) is 54.1 Å². The molecule has 0 unspecified atom stereocenters. The summed E-state index contributed by atoms with van der Waals surface area (Å²) in [6, 6.07) is 14.7. The first-order valence-corrected chi connectivity index (χ1v) is 8.51. The minimum atomic E-state index is -0.909. The van der Waals surface area contributed by atoms with Gasteiger partial charge in [0.25, 0.3) is 11.8 Å². The van der Waals surface area contributed by atoms with Crippen molar-refractivity contribution in [3.05, 3.63) is 65.2 Å². The summed E-state index contributed by atoms with van der Waals surface area (Å²) in [6.07, 6.45) is 1.36. The van der Waals surface area contributed by atoms with Gasteiger partial charge in [0, 0.05) is 18.3 Å². The monoisotopic (exact) mass is 393 g/mol. The van der Waals surface area contributed by atoms with Crippen LogP contribution in [0.1, 0.15) is 15.9 Å². The fourth-order valence-electron chi connectivity index (χ4n) is 2.26. The number of carbonyl (C=O) groups is 3. The highest BCUT2D eigenvalue weighted by molar-refractivity contribution is 6.00. The topological polar surface area (TPSA) is 118 Å². The summed E-state index contributed by atoms with van der Waals surface area (Å²) in [6.45, 7) is -0.558. The maximum Gasteiger partial charge on any atom is 0.349 e. The van der Waals surface area contributed by atoms with E-state index >= 15 is 0 Å². The third-order valence-corrected chi connectivity index (χ3v) is 3.76. The molecule has 148 valence electrons. The van der Waals surface area contributed by atoms with Crippen LogP contribution in [0.3, 0.4) is 0 Å². The number of hydrogen-bond donors (Lipinski definition) is 2. The average molecular weight is 393 g/mol. The Morgan fingerprint density at radius 2 is 1.72 bits per heavy atom. The van der Waals surface area contributed by atoms with Gasteiger partial charge in [0.2, 0.25) is 0 Å². The second-order valence-electron chi connectivity index (χ2n) is 5.72. The third kappa shape index (κ3) is 6.22. The molecule has 0 spiro atoms. The van der Waals surface area contributed by atoms with Gasteiger partial charge in [0.1, 0.15) is 17.4 Å². The van der Waals surface area contributed by atoms with Gasteiger partial charge in [0.05, 0.1) is 7.11 Å². The molecule has 2 N–H and O–H groups in total. The molecule has 0 saturated heterocycles. The zero-order chi connectivity index (χ0) is 21.2.